The third-order valence-corrected chi connectivity index (χ3v) is 2.66. The number of hydrogen-bond donors (Lipinski definition) is 1. The van der Waals surface area contributed by atoms with E-state index in [4.69, 9.17) is 4.74 Å². The molecule has 0 aliphatic carbocycles. The molecule has 1 amide bonds. The average molecular weight is 245 g/mol. The SMILES string of the molecule is COc1ccc(C(F)(F)F)c2c1CCC(=O)N2. The molecule has 1 N–H and O–H groups in total. The number of amides is 1. The first-order valence-electron chi connectivity index (χ1n) is 5.00. The van der Waals surface area contributed by atoms with E-state index in [1.54, 1.807) is 0 Å². The molecule has 0 atom stereocenters. The van der Waals surface area contributed by atoms with E-state index >= 15 is 0 Å². The summed E-state index contributed by atoms with van der Waals surface area (Å²) in [6, 6.07) is 2.20. The highest BCUT2D eigenvalue weighted by atomic mass is 19.4. The molecule has 0 bridgehead atoms. The highest BCUT2D eigenvalue weighted by Crippen LogP contribution is 2.42. The summed E-state index contributed by atoms with van der Waals surface area (Å²) in [6.07, 6.45) is -4.06. The van der Waals surface area contributed by atoms with Crippen LogP contribution >= 0.6 is 0 Å². The van der Waals surface area contributed by atoms with E-state index in [9.17, 15) is 18.0 Å². The summed E-state index contributed by atoms with van der Waals surface area (Å²) in [5, 5.41) is 2.27. The summed E-state index contributed by atoms with van der Waals surface area (Å²) >= 11 is 0. The van der Waals surface area contributed by atoms with Crippen molar-refractivity contribution in [1.29, 1.82) is 0 Å². The first-order chi connectivity index (χ1) is 7.93. The lowest BCUT2D eigenvalue weighted by molar-refractivity contribution is -0.137. The second-order valence-corrected chi connectivity index (χ2v) is 3.71. The minimum atomic E-state index is -4.49. The van der Waals surface area contributed by atoms with Gasteiger partial charge in [0.15, 0.2) is 0 Å². The molecule has 1 aromatic carbocycles. The largest absolute Gasteiger partial charge is 0.496 e. The van der Waals surface area contributed by atoms with Gasteiger partial charge in [-0.15, -0.1) is 0 Å². The second kappa shape index (κ2) is 3.94. The maximum absolute atomic E-state index is 12.7. The average Bonchev–Trinajstić information content (AvgIpc) is 2.25. The molecule has 0 aromatic heterocycles. The molecule has 0 fully saturated rings. The van der Waals surface area contributed by atoms with Crippen LogP contribution in [0.5, 0.6) is 5.75 Å². The smallest absolute Gasteiger partial charge is 0.418 e. The fourth-order valence-corrected chi connectivity index (χ4v) is 1.89. The number of methoxy groups -OCH3 is 1. The lowest BCUT2D eigenvalue weighted by Crippen LogP contribution is -2.23. The van der Waals surface area contributed by atoms with Gasteiger partial charge in [-0.25, -0.2) is 0 Å². The van der Waals surface area contributed by atoms with Crippen molar-refractivity contribution in [2.75, 3.05) is 12.4 Å². The summed E-state index contributed by atoms with van der Waals surface area (Å²) in [5.41, 5.74) is -0.601. The summed E-state index contributed by atoms with van der Waals surface area (Å²) in [4.78, 5) is 11.2. The van der Waals surface area contributed by atoms with Gasteiger partial charge in [-0.3, -0.25) is 4.79 Å². The number of nitrogens with one attached hydrogen (secondary N) is 1. The standard InChI is InChI=1S/C11H10F3NO2/c1-17-8-4-3-7(11(12,13)14)10-6(8)2-5-9(16)15-10/h3-4H,2,5H2,1H3,(H,15,16). The van der Waals surface area contributed by atoms with Crippen LogP contribution in [0.1, 0.15) is 17.5 Å². The number of benzene rings is 1. The monoisotopic (exact) mass is 245 g/mol. The van der Waals surface area contributed by atoms with Crippen LogP contribution in [0.3, 0.4) is 0 Å². The molecule has 1 aromatic rings. The minimum absolute atomic E-state index is 0.171. The number of hydrogen-bond acceptors (Lipinski definition) is 2. The number of anilines is 1. The third-order valence-electron chi connectivity index (χ3n) is 2.66. The fraction of sp³-hybridized carbons (Fsp3) is 0.364. The predicted octanol–water partition coefficient (Wildman–Crippen LogP) is 2.60. The van der Waals surface area contributed by atoms with Crippen molar-refractivity contribution in [3.63, 3.8) is 0 Å². The van der Waals surface area contributed by atoms with E-state index in [1.165, 1.54) is 13.2 Å². The Morgan fingerprint density at radius 1 is 1.29 bits per heavy atom. The zero-order valence-corrected chi connectivity index (χ0v) is 9.02. The minimum Gasteiger partial charge on any atom is -0.496 e. The van der Waals surface area contributed by atoms with E-state index in [-0.39, 0.29) is 18.5 Å². The van der Waals surface area contributed by atoms with Gasteiger partial charge in [0.05, 0.1) is 18.4 Å². The summed E-state index contributed by atoms with van der Waals surface area (Å²) in [7, 11) is 1.39. The molecule has 6 heteroatoms. The number of alkyl halides is 3. The Labute approximate surface area is 95.6 Å². The number of carbonyl (C=O) groups excluding carboxylic acids is 1. The molecule has 3 nitrogen and oxygen atoms in total. The van der Waals surface area contributed by atoms with Crippen molar-refractivity contribution in [2.24, 2.45) is 0 Å². The number of rotatable bonds is 1. The maximum atomic E-state index is 12.7. The van der Waals surface area contributed by atoms with Gasteiger partial charge in [0.25, 0.3) is 0 Å². The Kier molecular flexibility index (Phi) is 2.73. The van der Waals surface area contributed by atoms with Crippen LogP contribution in [-0.2, 0) is 17.4 Å². The summed E-state index contributed by atoms with van der Waals surface area (Å²) in [5.74, 6) is -0.0377. The van der Waals surface area contributed by atoms with Crippen LogP contribution in [0, 0.1) is 0 Å². The molecule has 1 aliphatic heterocycles. The lowest BCUT2D eigenvalue weighted by Gasteiger charge is -2.23. The van der Waals surface area contributed by atoms with Gasteiger partial charge in [-0.05, 0) is 18.6 Å². The number of ether oxygens (including phenoxy) is 1. The normalized spacial score (nSPS) is 15.2. The second-order valence-electron chi connectivity index (χ2n) is 3.71. The molecule has 92 valence electrons. The maximum Gasteiger partial charge on any atom is 0.418 e. The van der Waals surface area contributed by atoms with E-state index in [1.807, 2.05) is 0 Å². The molecule has 0 saturated carbocycles. The molecule has 1 heterocycles. The van der Waals surface area contributed by atoms with Gasteiger partial charge in [0.2, 0.25) is 5.91 Å². The van der Waals surface area contributed by atoms with Crippen molar-refractivity contribution in [1.82, 2.24) is 0 Å². The first kappa shape index (κ1) is 11.8. The van der Waals surface area contributed by atoms with Crippen LogP contribution in [0.15, 0.2) is 12.1 Å². The zero-order valence-electron chi connectivity index (χ0n) is 9.02. The van der Waals surface area contributed by atoms with Gasteiger partial charge in [0, 0.05) is 12.0 Å². The molecule has 1 aliphatic rings. The predicted molar refractivity (Wildman–Crippen MR) is 54.9 cm³/mol. The molecular weight excluding hydrogens is 235 g/mol. The highest BCUT2D eigenvalue weighted by Gasteiger charge is 2.37. The third kappa shape index (κ3) is 2.07. The van der Waals surface area contributed by atoms with E-state index < -0.39 is 17.6 Å². The molecule has 17 heavy (non-hydrogen) atoms. The molecule has 0 radical (unpaired) electrons. The Bertz CT molecular complexity index is 469. The number of carbonyl (C=O) groups is 1. The van der Waals surface area contributed by atoms with Crippen molar-refractivity contribution < 1.29 is 22.7 Å². The van der Waals surface area contributed by atoms with Crippen LogP contribution in [0.2, 0.25) is 0 Å². The molecule has 2 rings (SSSR count). The zero-order chi connectivity index (χ0) is 12.6. The quantitative estimate of drug-likeness (QED) is 0.825. The van der Waals surface area contributed by atoms with E-state index in [0.29, 0.717) is 11.3 Å². The number of halogens is 3. The van der Waals surface area contributed by atoms with Crippen molar-refractivity contribution in [3.8, 4) is 5.75 Å². The fourth-order valence-electron chi connectivity index (χ4n) is 1.89. The molecule has 0 saturated heterocycles. The Morgan fingerprint density at radius 2 is 2.00 bits per heavy atom. The highest BCUT2D eigenvalue weighted by molar-refractivity contribution is 5.95. The Morgan fingerprint density at radius 3 is 2.59 bits per heavy atom. The molecule has 0 unspecified atom stereocenters. The Balaban J connectivity index is 2.61. The lowest BCUT2D eigenvalue weighted by atomic mass is 9.97. The summed E-state index contributed by atoms with van der Waals surface area (Å²) in [6.45, 7) is 0. The first-order valence-corrected chi connectivity index (χ1v) is 5.00. The number of fused-ring (bicyclic) bond motifs is 1. The van der Waals surface area contributed by atoms with Crippen molar-refractivity contribution in [3.05, 3.63) is 23.3 Å². The van der Waals surface area contributed by atoms with Crippen molar-refractivity contribution in [2.45, 2.75) is 19.0 Å². The van der Waals surface area contributed by atoms with Gasteiger partial charge in [0.1, 0.15) is 5.75 Å². The van der Waals surface area contributed by atoms with Crippen LogP contribution in [-0.4, -0.2) is 13.0 Å². The Hall–Kier alpha value is -1.72. The van der Waals surface area contributed by atoms with Gasteiger partial charge < -0.3 is 10.1 Å². The van der Waals surface area contributed by atoms with Crippen LogP contribution in [0.4, 0.5) is 18.9 Å². The van der Waals surface area contributed by atoms with Crippen LogP contribution in [0.25, 0.3) is 0 Å². The van der Waals surface area contributed by atoms with Gasteiger partial charge in [-0.2, -0.15) is 13.2 Å². The summed E-state index contributed by atoms with van der Waals surface area (Å²) < 4.78 is 43.2. The van der Waals surface area contributed by atoms with E-state index in [0.717, 1.165) is 6.07 Å². The topological polar surface area (TPSA) is 38.3 Å². The van der Waals surface area contributed by atoms with E-state index in [2.05, 4.69) is 5.32 Å². The molecule has 0 spiro atoms. The molecular formula is C11H10F3NO2. The van der Waals surface area contributed by atoms with Gasteiger partial charge >= 0.3 is 6.18 Å². The van der Waals surface area contributed by atoms with Crippen LogP contribution < -0.4 is 10.1 Å². The van der Waals surface area contributed by atoms with Gasteiger partial charge in [-0.1, -0.05) is 0 Å². The van der Waals surface area contributed by atoms with Crippen molar-refractivity contribution >= 4 is 11.6 Å².